The van der Waals surface area contributed by atoms with Crippen molar-refractivity contribution in [1.82, 2.24) is 4.98 Å². The van der Waals surface area contributed by atoms with Gasteiger partial charge < -0.3 is 4.42 Å². The maximum Gasteiger partial charge on any atom is 0.136 e. The number of pyridine rings is 1. The van der Waals surface area contributed by atoms with Gasteiger partial charge in [-0.25, -0.2) is 4.98 Å². The van der Waals surface area contributed by atoms with Crippen LogP contribution in [0.3, 0.4) is 0 Å². The first-order valence-corrected chi connectivity index (χ1v) is 8.74. The van der Waals surface area contributed by atoms with Gasteiger partial charge in [-0.15, -0.1) is 0 Å². The van der Waals surface area contributed by atoms with E-state index in [-0.39, 0.29) is 0 Å². The van der Waals surface area contributed by atoms with Crippen LogP contribution in [-0.4, -0.2) is 4.98 Å². The number of benzene rings is 3. The number of fused-ring (bicyclic) bond motifs is 3. The largest absolute Gasteiger partial charge is 0.456 e. The molecule has 26 heavy (non-hydrogen) atoms. The fraction of sp³-hybridized carbons (Fsp3) is 0.0417. The highest BCUT2D eigenvalue weighted by atomic mass is 16.3. The second-order valence-electron chi connectivity index (χ2n) is 6.59. The standard InChI is InChI=1S/C24H17NO/c1-16-13-21(17-7-3-2-4-8-17)25-22(14-16)18-11-12-20-19-9-5-6-10-23(19)26-24(20)15-18/h2-15H,1H3. The van der Waals surface area contributed by atoms with Gasteiger partial charge in [0.05, 0.1) is 11.4 Å². The molecule has 5 rings (SSSR count). The van der Waals surface area contributed by atoms with E-state index in [1.54, 1.807) is 0 Å². The van der Waals surface area contributed by atoms with Crippen LogP contribution in [0, 0.1) is 6.92 Å². The van der Waals surface area contributed by atoms with Crippen LogP contribution in [0.1, 0.15) is 5.56 Å². The third-order valence-electron chi connectivity index (χ3n) is 4.71. The summed E-state index contributed by atoms with van der Waals surface area (Å²) < 4.78 is 6.03. The van der Waals surface area contributed by atoms with Gasteiger partial charge in [0.2, 0.25) is 0 Å². The van der Waals surface area contributed by atoms with E-state index in [4.69, 9.17) is 9.40 Å². The minimum absolute atomic E-state index is 0.897. The van der Waals surface area contributed by atoms with E-state index in [1.807, 2.05) is 36.4 Å². The molecule has 2 nitrogen and oxygen atoms in total. The number of hydrogen-bond donors (Lipinski definition) is 0. The lowest BCUT2D eigenvalue weighted by Crippen LogP contribution is -1.90. The van der Waals surface area contributed by atoms with Crippen molar-refractivity contribution in [2.75, 3.05) is 0 Å². The van der Waals surface area contributed by atoms with E-state index in [1.165, 1.54) is 5.56 Å². The van der Waals surface area contributed by atoms with E-state index >= 15 is 0 Å². The molecule has 2 heterocycles. The van der Waals surface area contributed by atoms with Crippen molar-refractivity contribution in [3.05, 3.63) is 90.5 Å². The second kappa shape index (κ2) is 5.85. The first-order chi connectivity index (χ1) is 12.8. The Labute approximate surface area is 151 Å². The molecule has 0 spiro atoms. The number of para-hydroxylation sites is 1. The van der Waals surface area contributed by atoms with Crippen LogP contribution >= 0.6 is 0 Å². The van der Waals surface area contributed by atoms with E-state index in [0.717, 1.165) is 44.5 Å². The lowest BCUT2D eigenvalue weighted by atomic mass is 10.0. The zero-order valence-corrected chi connectivity index (χ0v) is 14.4. The Hall–Kier alpha value is -3.39. The molecule has 5 aromatic rings. The van der Waals surface area contributed by atoms with Crippen molar-refractivity contribution in [3.8, 4) is 22.5 Å². The number of aryl methyl sites for hydroxylation is 1. The van der Waals surface area contributed by atoms with Crippen molar-refractivity contribution >= 4 is 21.9 Å². The van der Waals surface area contributed by atoms with E-state index in [2.05, 4.69) is 55.5 Å². The molecule has 0 saturated carbocycles. The van der Waals surface area contributed by atoms with Gasteiger partial charge in [-0.05, 0) is 42.8 Å². The van der Waals surface area contributed by atoms with Crippen LogP contribution in [0.4, 0.5) is 0 Å². The van der Waals surface area contributed by atoms with Crippen molar-refractivity contribution in [2.45, 2.75) is 6.92 Å². The molecule has 0 atom stereocenters. The summed E-state index contributed by atoms with van der Waals surface area (Å²) in [6.45, 7) is 2.11. The summed E-state index contributed by atoms with van der Waals surface area (Å²) in [5.41, 5.74) is 7.16. The van der Waals surface area contributed by atoms with Crippen LogP contribution in [-0.2, 0) is 0 Å². The molecule has 0 bridgehead atoms. The Morgan fingerprint density at radius 1 is 0.615 bits per heavy atom. The molecule has 2 aromatic heterocycles. The van der Waals surface area contributed by atoms with Crippen molar-refractivity contribution < 1.29 is 4.42 Å². The van der Waals surface area contributed by atoms with Gasteiger partial charge in [-0.2, -0.15) is 0 Å². The lowest BCUT2D eigenvalue weighted by Gasteiger charge is -2.07. The van der Waals surface area contributed by atoms with Gasteiger partial charge in [-0.3, -0.25) is 0 Å². The maximum atomic E-state index is 6.03. The zero-order valence-electron chi connectivity index (χ0n) is 14.4. The lowest BCUT2D eigenvalue weighted by molar-refractivity contribution is 0.669. The normalized spacial score (nSPS) is 11.3. The quantitative estimate of drug-likeness (QED) is 0.362. The molecular formula is C24H17NO. The number of hydrogen-bond acceptors (Lipinski definition) is 2. The monoisotopic (exact) mass is 335 g/mol. The molecule has 3 aromatic carbocycles. The summed E-state index contributed by atoms with van der Waals surface area (Å²) in [5.74, 6) is 0. The Kier molecular flexibility index (Phi) is 3.36. The minimum Gasteiger partial charge on any atom is -0.456 e. The second-order valence-corrected chi connectivity index (χ2v) is 6.59. The van der Waals surface area contributed by atoms with Gasteiger partial charge in [0.1, 0.15) is 11.2 Å². The van der Waals surface area contributed by atoms with Gasteiger partial charge in [-0.1, -0.05) is 54.6 Å². The molecule has 2 heteroatoms. The molecule has 124 valence electrons. The van der Waals surface area contributed by atoms with Gasteiger partial charge in [0, 0.05) is 21.9 Å². The van der Waals surface area contributed by atoms with Crippen LogP contribution in [0.25, 0.3) is 44.5 Å². The van der Waals surface area contributed by atoms with Crippen LogP contribution in [0.15, 0.2) is 89.3 Å². The van der Waals surface area contributed by atoms with Crippen LogP contribution < -0.4 is 0 Å². The fourth-order valence-electron chi connectivity index (χ4n) is 3.46. The smallest absolute Gasteiger partial charge is 0.136 e. The van der Waals surface area contributed by atoms with Crippen molar-refractivity contribution in [1.29, 1.82) is 0 Å². The fourth-order valence-corrected chi connectivity index (χ4v) is 3.46. The van der Waals surface area contributed by atoms with Crippen molar-refractivity contribution in [3.63, 3.8) is 0 Å². The van der Waals surface area contributed by atoms with Gasteiger partial charge in [0.15, 0.2) is 0 Å². The molecular weight excluding hydrogens is 318 g/mol. The Morgan fingerprint density at radius 2 is 1.31 bits per heavy atom. The predicted molar refractivity (Wildman–Crippen MR) is 107 cm³/mol. The zero-order chi connectivity index (χ0) is 17.5. The van der Waals surface area contributed by atoms with E-state index in [0.29, 0.717) is 0 Å². The molecule has 0 N–H and O–H groups in total. The third kappa shape index (κ3) is 2.47. The summed E-state index contributed by atoms with van der Waals surface area (Å²) >= 11 is 0. The summed E-state index contributed by atoms with van der Waals surface area (Å²) in [4.78, 5) is 4.89. The molecule has 0 aliphatic rings. The summed E-state index contributed by atoms with van der Waals surface area (Å²) in [7, 11) is 0. The van der Waals surface area contributed by atoms with Crippen LogP contribution in [0.5, 0.6) is 0 Å². The molecule has 0 saturated heterocycles. The van der Waals surface area contributed by atoms with Gasteiger partial charge in [0.25, 0.3) is 0 Å². The average Bonchev–Trinajstić information content (AvgIpc) is 3.06. The topological polar surface area (TPSA) is 26.0 Å². The highest BCUT2D eigenvalue weighted by Crippen LogP contribution is 2.32. The number of aromatic nitrogens is 1. The number of nitrogens with zero attached hydrogens (tertiary/aromatic N) is 1. The van der Waals surface area contributed by atoms with Crippen LogP contribution in [0.2, 0.25) is 0 Å². The first-order valence-electron chi connectivity index (χ1n) is 8.74. The molecule has 0 fully saturated rings. The first kappa shape index (κ1) is 14.9. The number of rotatable bonds is 2. The Morgan fingerprint density at radius 3 is 2.15 bits per heavy atom. The summed E-state index contributed by atoms with van der Waals surface area (Å²) in [6, 6.07) is 29.0. The highest BCUT2D eigenvalue weighted by Gasteiger charge is 2.10. The predicted octanol–water partition coefficient (Wildman–Crippen LogP) is 6.62. The highest BCUT2D eigenvalue weighted by molar-refractivity contribution is 6.05. The number of furan rings is 1. The third-order valence-corrected chi connectivity index (χ3v) is 4.71. The maximum absolute atomic E-state index is 6.03. The Balaban J connectivity index is 1.67. The summed E-state index contributed by atoms with van der Waals surface area (Å²) in [6.07, 6.45) is 0. The van der Waals surface area contributed by atoms with Gasteiger partial charge >= 0.3 is 0 Å². The molecule has 0 amide bonds. The minimum atomic E-state index is 0.897. The van der Waals surface area contributed by atoms with E-state index in [9.17, 15) is 0 Å². The average molecular weight is 335 g/mol. The SMILES string of the molecule is Cc1cc(-c2ccccc2)nc(-c2ccc3c(c2)oc2ccccc23)c1. The molecule has 0 aliphatic carbocycles. The summed E-state index contributed by atoms with van der Waals surface area (Å²) in [5, 5.41) is 2.29. The molecule has 0 unspecified atom stereocenters. The Bertz CT molecular complexity index is 1240. The molecule has 0 radical (unpaired) electrons. The van der Waals surface area contributed by atoms with E-state index < -0.39 is 0 Å². The molecule has 0 aliphatic heterocycles. The van der Waals surface area contributed by atoms with Crippen molar-refractivity contribution in [2.24, 2.45) is 0 Å².